The summed E-state index contributed by atoms with van der Waals surface area (Å²) in [6.07, 6.45) is -0.267. The van der Waals surface area contributed by atoms with Gasteiger partial charge in [0.2, 0.25) is 0 Å². The molecule has 1 atom stereocenters. The highest BCUT2D eigenvalue weighted by Crippen LogP contribution is 2.42. The smallest absolute Gasteiger partial charge is 0.320 e. The lowest BCUT2D eigenvalue weighted by molar-refractivity contribution is -0.144. The molecule has 8 heteroatoms. The van der Waals surface area contributed by atoms with Gasteiger partial charge in [0, 0.05) is 30.2 Å². The van der Waals surface area contributed by atoms with Crippen molar-refractivity contribution in [3.05, 3.63) is 33.7 Å². The van der Waals surface area contributed by atoms with Gasteiger partial charge < -0.3 is 29.4 Å². The largest absolute Gasteiger partial charge is 0.507 e. The number of hydrogen-bond acceptors (Lipinski definition) is 8. The molecular formula is C20H25NO7. The average molecular weight is 391 g/mol. The molecule has 152 valence electrons. The summed E-state index contributed by atoms with van der Waals surface area (Å²) in [4.78, 5) is 24.2. The Hall–Kier alpha value is -2.58. The average Bonchev–Trinajstić information content (AvgIpc) is 3.02. The monoisotopic (exact) mass is 391 g/mol. The molecule has 0 radical (unpaired) electrons. The van der Waals surface area contributed by atoms with Crippen LogP contribution >= 0.6 is 0 Å². The Morgan fingerprint density at radius 3 is 2.75 bits per heavy atom. The molecule has 2 aromatic rings. The molecule has 0 bridgehead atoms. The van der Waals surface area contributed by atoms with Crippen LogP contribution in [0.3, 0.4) is 0 Å². The van der Waals surface area contributed by atoms with E-state index in [1.54, 1.807) is 13.8 Å². The molecule has 2 heterocycles. The van der Waals surface area contributed by atoms with Crippen molar-refractivity contribution in [3.63, 3.8) is 0 Å². The highest BCUT2D eigenvalue weighted by molar-refractivity contribution is 5.87. The minimum absolute atomic E-state index is 0.0373. The zero-order chi connectivity index (χ0) is 20.6. The summed E-state index contributed by atoms with van der Waals surface area (Å²) in [5.41, 5.74) is -0.963. The highest BCUT2D eigenvalue weighted by atomic mass is 16.5. The molecule has 3 rings (SSSR count). The fourth-order valence-corrected chi connectivity index (χ4v) is 3.01. The Morgan fingerprint density at radius 1 is 1.39 bits per heavy atom. The zero-order valence-corrected chi connectivity index (χ0v) is 16.4. The first-order valence-electron chi connectivity index (χ1n) is 9.16. The van der Waals surface area contributed by atoms with Gasteiger partial charge in [-0.3, -0.25) is 9.59 Å². The zero-order valence-electron chi connectivity index (χ0n) is 16.4. The second-order valence-corrected chi connectivity index (χ2v) is 7.81. The molecule has 1 aromatic heterocycles. The van der Waals surface area contributed by atoms with Crippen LogP contribution in [0, 0.1) is 0 Å². The van der Waals surface area contributed by atoms with Crippen molar-refractivity contribution in [1.82, 2.24) is 5.32 Å². The first-order valence-corrected chi connectivity index (χ1v) is 9.16. The van der Waals surface area contributed by atoms with Crippen LogP contribution in [0.5, 0.6) is 11.5 Å². The summed E-state index contributed by atoms with van der Waals surface area (Å²) in [6, 6.07) is 2.85. The van der Waals surface area contributed by atoms with Gasteiger partial charge in [-0.05, 0) is 13.8 Å². The minimum Gasteiger partial charge on any atom is -0.507 e. The van der Waals surface area contributed by atoms with Crippen LogP contribution in [-0.2, 0) is 22.6 Å². The normalized spacial score (nSPS) is 16.3. The van der Waals surface area contributed by atoms with Crippen LogP contribution < -0.4 is 15.5 Å². The fourth-order valence-electron chi connectivity index (χ4n) is 3.01. The van der Waals surface area contributed by atoms with E-state index in [4.69, 9.17) is 13.9 Å². The number of nitrogens with one attached hydrogen (secondary N) is 1. The second-order valence-electron chi connectivity index (χ2n) is 7.81. The highest BCUT2D eigenvalue weighted by Gasteiger charge is 2.37. The molecule has 28 heavy (non-hydrogen) atoms. The van der Waals surface area contributed by atoms with E-state index in [0.717, 1.165) is 0 Å². The number of rotatable bonds is 6. The molecule has 1 aliphatic heterocycles. The van der Waals surface area contributed by atoms with Gasteiger partial charge in [0.05, 0.1) is 12.1 Å². The molecule has 1 aliphatic rings. The van der Waals surface area contributed by atoms with Crippen LogP contribution in [0.25, 0.3) is 11.0 Å². The van der Waals surface area contributed by atoms with Gasteiger partial charge in [0.15, 0.2) is 5.43 Å². The summed E-state index contributed by atoms with van der Waals surface area (Å²) in [5, 5.41) is 23.7. The van der Waals surface area contributed by atoms with Crippen molar-refractivity contribution in [2.45, 2.75) is 58.5 Å². The molecule has 8 nitrogen and oxygen atoms in total. The molecule has 1 unspecified atom stereocenters. The van der Waals surface area contributed by atoms with Crippen molar-refractivity contribution < 1.29 is 28.9 Å². The van der Waals surface area contributed by atoms with Crippen molar-refractivity contribution in [1.29, 1.82) is 0 Å². The number of aliphatic hydroxyl groups is 1. The number of phenols is 1. The Labute approximate surface area is 162 Å². The third-order valence-electron chi connectivity index (χ3n) is 4.58. The summed E-state index contributed by atoms with van der Waals surface area (Å²) in [7, 11) is 0. The van der Waals surface area contributed by atoms with Crippen LogP contribution in [-0.4, -0.2) is 40.5 Å². The van der Waals surface area contributed by atoms with Crippen molar-refractivity contribution in [3.8, 4) is 11.5 Å². The predicted octanol–water partition coefficient (Wildman–Crippen LogP) is 1.61. The van der Waals surface area contributed by atoms with E-state index in [2.05, 4.69) is 5.32 Å². The summed E-state index contributed by atoms with van der Waals surface area (Å²) in [6.45, 7) is 6.90. The van der Waals surface area contributed by atoms with E-state index in [0.29, 0.717) is 11.3 Å². The van der Waals surface area contributed by atoms with Crippen molar-refractivity contribution >= 4 is 16.9 Å². The Balaban J connectivity index is 1.85. The lowest BCUT2D eigenvalue weighted by Gasteiger charge is -2.24. The first-order chi connectivity index (χ1) is 13.1. The third kappa shape index (κ3) is 4.13. The van der Waals surface area contributed by atoms with E-state index in [1.165, 1.54) is 12.1 Å². The van der Waals surface area contributed by atoms with Gasteiger partial charge in [0.25, 0.3) is 0 Å². The van der Waals surface area contributed by atoms with E-state index in [-0.39, 0.29) is 48.1 Å². The van der Waals surface area contributed by atoms with Crippen LogP contribution in [0.15, 0.2) is 21.3 Å². The molecule has 0 spiro atoms. The minimum atomic E-state index is -1.11. The van der Waals surface area contributed by atoms with E-state index < -0.39 is 23.1 Å². The quantitative estimate of drug-likeness (QED) is 0.636. The lowest BCUT2D eigenvalue weighted by atomic mass is 9.96. The van der Waals surface area contributed by atoms with Gasteiger partial charge in [-0.25, -0.2) is 0 Å². The summed E-state index contributed by atoms with van der Waals surface area (Å²) >= 11 is 0. The first kappa shape index (κ1) is 20.2. The maximum Gasteiger partial charge on any atom is 0.320 e. The van der Waals surface area contributed by atoms with Gasteiger partial charge in [-0.2, -0.15) is 0 Å². The maximum atomic E-state index is 12.5. The number of hydrogen-bond donors (Lipinski definition) is 3. The molecule has 1 aromatic carbocycles. The molecule has 3 N–H and O–H groups in total. The standard InChI is InChI=1S/C20H25NO7/c1-10(2)21-8-17(23)26-9-11-5-13(22)18-15(27-11)7-14-12(19(18)24)6-16(28-14)20(3,4)25/h5,7,10,16,21,24-25H,6,8-9H2,1-4H3. The van der Waals surface area contributed by atoms with Gasteiger partial charge in [0.1, 0.15) is 40.9 Å². The predicted molar refractivity (Wildman–Crippen MR) is 102 cm³/mol. The number of benzene rings is 1. The van der Waals surface area contributed by atoms with Crippen LogP contribution in [0.2, 0.25) is 0 Å². The number of aromatic hydroxyl groups is 1. The van der Waals surface area contributed by atoms with E-state index >= 15 is 0 Å². The Morgan fingerprint density at radius 2 is 2.11 bits per heavy atom. The molecule has 0 saturated heterocycles. The molecule has 0 amide bonds. The number of carbonyl (C=O) groups excluding carboxylic acids is 1. The van der Waals surface area contributed by atoms with Crippen molar-refractivity contribution in [2.75, 3.05) is 6.54 Å². The van der Waals surface area contributed by atoms with Crippen molar-refractivity contribution in [2.24, 2.45) is 0 Å². The number of phenolic OH excluding ortho intramolecular Hbond substituents is 1. The fraction of sp³-hybridized carbons (Fsp3) is 0.500. The number of carbonyl (C=O) groups is 1. The number of esters is 1. The lowest BCUT2D eigenvalue weighted by Crippen LogP contribution is -2.39. The SMILES string of the molecule is CC(C)NCC(=O)OCc1cc(=O)c2c(O)c3c(cc2o1)OC(C(C)(C)O)C3. The maximum absolute atomic E-state index is 12.5. The van der Waals surface area contributed by atoms with E-state index in [9.17, 15) is 19.8 Å². The third-order valence-corrected chi connectivity index (χ3v) is 4.58. The molecule has 0 saturated carbocycles. The van der Waals surface area contributed by atoms with Gasteiger partial charge >= 0.3 is 5.97 Å². The van der Waals surface area contributed by atoms with Gasteiger partial charge in [-0.1, -0.05) is 13.8 Å². The summed E-state index contributed by atoms with van der Waals surface area (Å²) in [5.74, 6) is -0.162. The Kier molecular flexibility index (Phi) is 5.36. The Bertz CT molecular complexity index is 956. The van der Waals surface area contributed by atoms with E-state index in [1.807, 2.05) is 13.8 Å². The van der Waals surface area contributed by atoms with Gasteiger partial charge in [-0.15, -0.1) is 0 Å². The van der Waals surface area contributed by atoms with Crippen LogP contribution in [0.1, 0.15) is 39.0 Å². The number of fused-ring (bicyclic) bond motifs is 2. The second kappa shape index (κ2) is 7.44. The molecule has 0 fully saturated rings. The molecular weight excluding hydrogens is 366 g/mol. The topological polar surface area (TPSA) is 118 Å². The molecule has 0 aliphatic carbocycles. The summed E-state index contributed by atoms with van der Waals surface area (Å²) < 4.78 is 16.5. The number of ether oxygens (including phenoxy) is 2. The van der Waals surface area contributed by atoms with Crippen LogP contribution in [0.4, 0.5) is 0 Å².